The van der Waals surface area contributed by atoms with Crippen LogP contribution in [0.3, 0.4) is 0 Å². The van der Waals surface area contributed by atoms with Crippen molar-refractivity contribution < 1.29 is 0 Å². The Morgan fingerprint density at radius 2 is 1.86 bits per heavy atom. The van der Waals surface area contributed by atoms with E-state index in [2.05, 4.69) is 58.5 Å². The summed E-state index contributed by atoms with van der Waals surface area (Å²) < 4.78 is 1.00. The summed E-state index contributed by atoms with van der Waals surface area (Å²) in [6, 6.07) is 16.9. The molecule has 0 heterocycles. The first-order chi connectivity index (χ1) is 10.2. The van der Waals surface area contributed by atoms with Crippen LogP contribution in [0.25, 0.3) is 0 Å². The Balaban J connectivity index is 2.15. The second kappa shape index (κ2) is 8.45. The highest BCUT2D eigenvalue weighted by Crippen LogP contribution is 2.31. The van der Waals surface area contributed by atoms with Crippen LogP contribution in [0.5, 0.6) is 0 Å². The number of rotatable bonds is 7. The van der Waals surface area contributed by atoms with Gasteiger partial charge in [-0.05, 0) is 30.2 Å². The molecule has 3 heteroatoms. The second-order valence-corrected chi connectivity index (χ2v) is 6.55. The SMILES string of the molecule is CCCCCC(Nc1ccc(Br)cc1Cl)c1ccccc1. The maximum absolute atomic E-state index is 6.33. The third-order valence-electron chi connectivity index (χ3n) is 3.56. The molecule has 112 valence electrons. The molecule has 2 aromatic carbocycles. The van der Waals surface area contributed by atoms with Gasteiger partial charge in [0.25, 0.3) is 0 Å². The lowest BCUT2D eigenvalue weighted by molar-refractivity contribution is 0.606. The van der Waals surface area contributed by atoms with E-state index in [0.717, 1.165) is 21.6 Å². The van der Waals surface area contributed by atoms with Crippen LogP contribution in [0.4, 0.5) is 5.69 Å². The molecule has 1 nitrogen and oxygen atoms in total. The van der Waals surface area contributed by atoms with E-state index in [0.29, 0.717) is 6.04 Å². The van der Waals surface area contributed by atoms with Gasteiger partial charge in [0.2, 0.25) is 0 Å². The number of nitrogens with one attached hydrogen (secondary N) is 1. The highest BCUT2D eigenvalue weighted by atomic mass is 79.9. The van der Waals surface area contributed by atoms with E-state index >= 15 is 0 Å². The van der Waals surface area contributed by atoms with E-state index in [1.807, 2.05) is 18.2 Å². The zero-order chi connectivity index (χ0) is 15.1. The molecule has 2 aromatic rings. The van der Waals surface area contributed by atoms with Gasteiger partial charge in [-0.2, -0.15) is 0 Å². The highest BCUT2D eigenvalue weighted by molar-refractivity contribution is 9.10. The Kier molecular flexibility index (Phi) is 6.59. The summed E-state index contributed by atoms with van der Waals surface area (Å²) in [6.07, 6.45) is 4.83. The number of benzene rings is 2. The monoisotopic (exact) mass is 365 g/mol. The van der Waals surface area contributed by atoms with E-state index in [1.54, 1.807) is 0 Å². The van der Waals surface area contributed by atoms with Crippen molar-refractivity contribution in [3.05, 3.63) is 63.6 Å². The van der Waals surface area contributed by atoms with Gasteiger partial charge < -0.3 is 5.32 Å². The van der Waals surface area contributed by atoms with Crippen LogP contribution in [0.2, 0.25) is 5.02 Å². The Morgan fingerprint density at radius 3 is 2.52 bits per heavy atom. The standard InChI is InChI=1S/C18H21BrClN/c1-2-3-5-10-17(14-8-6-4-7-9-14)21-18-12-11-15(19)13-16(18)20/h4,6-9,11-13,17,21H,2-3,5,10H2,1H3. The van der Waals surface area contributed by atoms with Gasteiger partial charge in [0.05, 0.1) is 16.8 Å². The predicted octanol–water partition coefficient (Wildman–Crippen LogP) is 6.84. The summed E-state index contributed by atoms with van der Waals surface area (Å²) in [5.41, 5.74) is 2.30. The Morgan fingerprint density at radius 1 is 1.10 bits per heavy atom. The van der Waals surface area contributed by atoms with Crippen LogP contribution in [0.15, 0.2) is 53.0 Å². The van der Waals surface area contributed by atoms with Gasteiger partial charge in [-0.1, -0.05) is 84.0 Å². The fraction of sp³-hybridized carbons (Fsp3) is 0.333. The lowest BCUT2D eigenvalue weighted by atomic mass is 10.00. The summed E-state index contributed by atoms with van der Waals surface area (Å²) in [5, 5.41) is 4.35. The molecule has 0 aliphatic rings. The number of anilines is 1. The average molecular weight is 367 g/mol. The minimum atomic E-state index is 0.302. The molecule has 0 aliphatic carbocycles. The van der Waals surface area contributed by atoms with Crippen molar-refractivity contribution in [2.75, 3.05) is 5.32 Å². The van der Waals surface area contributed by atoms with Crippen molar-refractivity contribution in [2.45, 2.75) is 38.6 Å². The van der Waals surface area contributed by atoms with E-state index in [9.17, 15) is 0 Å². The van der Waals surface area contributed by atoms with E-state index in [4.69, 9.17) is 11.6 Å². The lowest BCUT2D eigenvalue weighted by Crippen LogP contribution is -2.11. The van der Waals surface area contributed by atoms with E-state index in [1.165, 1.54) is 24.8 Å². The molecule has 0 aromatic heterocycles. The van der Waals surface area contributed by atoms with Gasteiger partial charge >= 0.3 is 0 Å². The van der Waals surface area contributed by atoms with Gasteiger partial charge in [-0.15, -0.1) is 0 Å². The average Bonchev–Trinajstić information content (AvgIpc) is 2.49. The first-order valence-corrected chi connectivity index (χ1v) is 8.64. The molecule has 2 rings (SSSR count). The number of halogens is 2. The maximum Gasteiger partial charge on any atom is 0.0648 e. The predicted molar refractivity (Wildman–Crippen MR) is 96.1 cm³/mol. The lowest BCUT2D eigenvalue weighted by Gasteiger charge is -2.21. The van der Waals surface area contributed by atoms with Crippen LogP contribution < -0.4 is 5.32 Å². The van der Waals surface area contributed by atoms with Gasteiger partial charge in [0.15, 0.2) is 0 Å². The van der Waals surface area contributed by atoms with Crippen molar-refractivity contribution in [3.8, 4) is 0 Å². The molecule has 1 N–H and O–H groups in total. The molecule has 21 heavy (non-hydrogen) atoms. The molecule has 0 fully saturated rings. The van der Waals surface area contributed by atoms with Gasteiger partial charge in [0.1, 0.15) is 0 Å². The van der Waals surface area contributed by atoms with E-state index < -0.39 is 0 Å². The molecule has 1 unspecified atom stereocenters. The Bertz CT molecular complexity index is 556. The molecule has 0 bridgehead atoms. The Labute approximate surface area is 140 Å². The van der Waals surface area contributed by atoms with Gasteiger partial charge in [-0.25, -0.2) is 0 Å². The molecular formula is C18H21BrClN. The first-order valence-electron chi connectivity index (χ1n) is 7.47. The zero-order valence-electron chi connectivity index (χ0n) is 12.3. The fourth-order valence-electron chi connectivity index (χ4n) is 2.40. The molecule has 0 saturated heterocycles. The summed E-state index contributed by atoms with van der Waals surface area (Å²) >= 11 is 9.78. The largest absolute Gasteiger partial charge is 0.377 e. The molecule has 1 atom stereocenters. The number of hydrogen-bond acceptors (Lipinski definition) is 1. The van der Waals surface area contributed by atoms with Crippen LogP contribution in [0, 0.1) is 0 Å². The van der Waals surface area contributed by atoms with Gasteiger partial charge in [0, 0.05) is 4.47 Å². The smallest absolute Gasteiger partial charge is 0.0648 e. The summed E-state index contributed by atoms with van der Waals surface area (Å²) in [7, 11) is 0. The molecule has 0 amide bonds. The van der Waals surface area contributed by atoms with Crippen molar-refractivity contribution in [1.29, 1.82) is 0 Å². The third-order valence-corrected chi connectivity index (χ3v) is 4.37. The van der Waals surface area contributed by atoms with Crippen molar-refractivity contribution in [2.24, 2.45) is 0 Å². The van der Waals surface area contributed by atoms with Crippen LogP contribution in [-0.2, 0) is 0 Å². The molecule has 0 saturated carbocycles. The topological polar surface area (TPSA) is 12.0 Å². The van der Waals surface area contributed by atoms with Gasteiger partial charge in [-0.3, -0.25) is 0 Å². The highest BCUT2D eigenvalue weighted by Gasteiger charge is 2.12. The van der Waals surface area contributed by atoms with E-state index in [-0.39, 0.29) is 0 Å². The molecular weight excluding hydrogens is 346 g/mol. The molecule has 0 spiro atoms. The maximum atomic E-state index is 6.33. The quantitative estimate of drug-likeness (QED) is 0.529. The van der Waals surface area contributed by atoms with Crippen LogP contribution in [0.1, 0.15) is 44.2 Å². The van der Waals surface area contributed by atoms with Crippen molar-refractivity contribution >= 4 is 33.2 Å². The number of unbranched alkanes of at least 4 members (excludes halogenated alkanes) is 2. The summed E-state index contributed by atoms with van der Waals surface area (Å²) in [6.45, 7) is 2.23. The normalized spacial score (nSPS) is 12.1. The van der Waals surface area contributed by atoms with Crippen LogP contribution >= 0.6 is 27.5 Å². The second-order valence-electron chi connectivity index (χ2n) is 5.23. The van der Waals surface area contributed by atoms with Crippen molar-refractivity contribution in [3.63, 3.8) is 0 Å². The van der Waals surface area contributed by atoms with Crippen LogP contribution in [-0.4, -0.2) is 0 Å². The number of hydrogen-bond donors (Lipinski definition) is 1. The molecule has 0 radical (unpaired) electrons. The minimum Gasteiger partial charge on any atom is -0.377 e. The van der Waals surface area contributed by atoms with Crippen molar-refractivity contribution in [1.82, 2.24) is 0 Å². The first kappa shape index (κ1) is 16.4. The summed E-state index contributed by atoms with van der Waals surface area (Å²) in [4.78, 5) is 0. The molecule has 0 aliphatic heterocycles. The zero-order valence-corrected chi connectivity index (χ0v) is 14.6. The Hall–Kier alpha value is -0.990. The summed E-state index contributed by atoms with van der Waals surface area (Å²) in [5.74, 6) is 0. The third kappa shape index (κ3) is 5.05. The fourth-order valence-corrected chi connectivity index (χ4v) is 3.13. The minimum absolute atomic E-state index is 0.302.